The third-order valence-corrected chi connectivity index (χ3v) is 5.47. The molecule has 1 N–H and O–H groups in total. The summed E-state index contributed by atoms with van der Waals surface area (Å²) in [6.45, 7) is 20.2. The lowest BCUT2D eigenvalue weighted by molar-refractivity contribution is 0.224. The molecule has 1 aliphatic carbocycles. The summed E-state index contributed by atoms with van der Waals surface area (Å²) in [6.07, 6.45) is 7.04. The van der Waals surface area contributed by atoms with Crippen LogP contribution in [0.4, 0.5) is 0 Å². The molecule has 3 rings (SSSR count). The zero-order chi connectivity index (χ0) is 21.5. The molecule has 31 heavy (non-hydrogen) atoms. The summed E-state index contributed by atoms with van der Waals surface area (Å²) in [4.78, 5) is 4.53. The zero-order valence-electron chi connectivity index (χ0n) is 18.2. The lowest BCUT2D eigenvalue weighted by atomic mass is 10.0. The van der Waals surface area contributed by atoms with Gasteiger partial charge in [0, 0.05) is 39.3 Å². The summed E-state index contributed by atoms with van der Waals surface area (Å²) >= 11 is 0. The topological polar surface area (TPSA) is 26.7 Å². The van der Waals surface area contributed by atoms with Crippen molar-refractivity contribution in [2.24, 2.45) is 0 Å². The number of aliphatic hydroxyl groups excluding tert-OH is 1. The van der Waals surface area contributed by atoms with Crippen molar-refractivity contribution in [2.45, 2.75) is 19.2 Å². The Balaban J connectivity index is 0.00000341. The molecule has 4 heteroatoms. The molecule has 0 radical (unpaired) electrons. The van der Waals surface area contributed by atoms with Gasteiger partial charge in [-0.1, -0.05) is 60.7 Å². The minimum atomic E-state index is -0.589. The van der Waals surface area contributed by atoms with Crippen LogP contribution in [0.25, 0.3) is 11.1 Å². The molecule has 1 aliphatic rings. The number of benzene rings is 2. The Labute approximate surface area is 193 Å². The quantitative estimate of drug-likeness (QED) is 0.444. The van der Waals surface area contributed by atoms with Crippen LogP contribution in [0.1, 0.15) is 28.4 Å². The van der Waals surface area contributed by atoms with E-state index in [2.05, 4.69) is 72.5 Å². The summed E-state index contributed by atoms with van der Waals surface area (Å²) < 4.78 is 0. The van der Waals surface area contributed by atoms with Crippen molar-refractivity contribution in [3.8, 4) is 11.1 Å². The van der Waals surface area contributed by atoms with Crippen LogP contribution in [0.2, 0.25) is 0 Å². The molecule has 0 heterocycles. The maximum atomic E-state index is 11.1. The molecule has 0 aliphatic heterocycles. The van der Waals surface area contributed by atoms with Gasteiger partial charge in [0.2, 0.25) is 0 Å². The SMILES string of the molecule is C=CCN(CC=C)Cc1ccc2c(c1)C(O)c1cc(CN(CC=C)CC=C)ccc1-2.Cl. The number of hydrogen-bond acceptors (Lipinski definition) is 3. The molecule has 0 aromatic heterocycles. The highest BCUT2D eigenvalue weighted by atomic mass is 35.5. The Morgan fingerprint density at radius 2 is 1.03 bits per heavy atom. The normalized spacial score (nSPS) is 12.2. The summed E-state index contributed by atoms with van der Waals surface area (Å²) in [5, 5.41) is 11.1. The first-order valence-electron chi connectivity index (χ1n) is 10.4. The predicted molar refractivity (Wildman–Crippen MR) is 135 cm³/mol. The van der Waals surface area contributed by atoms with Gasteiger partial charge in [0.25, 0.3) is 0 Å². The largest absolute Gasteiger partial charge is 0.384 e. The standard InChI is InChI=1S/C27H32N2O.ClH/c1-5-13-28(14-6-2)19-21-9-11-23-24-12-10-22(20-29(15-7-3)16-8-4)18-26(24)27(30)25(23)17-21;/h5-12,17-18,27,30H,1-4,13-16,19-20H2;1H. The maximum absolute atomic E-state index is 11.1. The van der Waals surface area contributed by atoms with Crippen LogP contribution in [0, 0.1) is 0 Å². The number of halogens is 1. The minimum absolute atomic E-state index is 0. The number of rotatable bonds is 12. The van der Waals surface area contributed by atoms with E-state index >= 15 is 0 Å². The molecular formula is C27H33ClN2O. The fourth-order valence-electron chi connectivity index (χ4n) is 4.19. The molecule has 0 saturated carbocycles. The van der Waals surface area contributed by atoms with Crippen LogP contribution in [0.15, 0.2) is 87.0 Å². The second-order valence-corrected chi connectivity index (χ2v) is 7.79. The van der Waals surface area contributed by atoms with Gasteiger partial charge in [0.05, 0.1) is 0 Å². The Hall–Kier alpha value is -2.43. The fraction of sp³-hybridized carbons (Fsp3) is 0.259. The van der Waals surface area contributed by atoms with Gasteiger partial charge in [-0.05, 0) is 33.4 Å². The number of nitrogens with zero attached hydrogens (tertiary/aromatic N) is 2. The second kappa shape index (κ2) is 11.8. The maximum Gasteiger partial charge on any atom is 0.105 e. The smallest absolute Gasteiger partial charge is 0.105 e. The summed E-state index contributed by atoms with van der Waals surface area (Å²) in [5.41, 5.74) is 6.61. The molecule has 2 aromatic carbocycles. The molecule has 0 bridgehead atoms. The fourth-order valence-corrected chi connectivity index (χ4v) is 4.19. The predicted octanol–water partition coefficient (Wildman–Crippen LogP) is 5.52. The van der Waals surface area contributed by atoms with E-state index < -0.39 is 6.10 Å². The van der Waals surface area contributed by atoms with Crippen molar-refractivity contribution in [3.05, 3.63) is 109 Å². The molecule has 2 aromatic rings. The van der Waals surface area contributed by atoms with E-state index in [0.717, 1.165) is 61.5 Å². The first kappa shape index (κ1) is 24.8. The highest BCUT2D eigenvalue weighted by molar-refractivity contribution is 5.85. The van der Waals surface area contributed by atoms with E-state index in [1.807, 2.05) is 24.3 Å². The van der Waals surface area contributed by atoms with E-state index in [4.69, 9.17) is 0 Å². The average molecular weight is 437 g/mol. The molecule has 0 atom stereocenters. The highest BCUT2D eigenvalue weighted by Crippen LogP contribution is 2.44. The van der Waals surface area contributed by atoms with Crippen LogP contribution in [0.5, 0.6) is 0 Å². The van der Waals surface area contributed by atoms with Gasteiger partial charge in [0.1, 0.15) is 6.10 Å². The Morgan fingerprint density at radius 1 is 0.677 bits per heavy atom. The van der Waals surface area contributed by atoms with E-state index in [-0.39, 0.29) is 12.4 Å². The molecule has 0 spiro atoms. The van der Waals surface area contributed by atoms with Gasteiger partial charge >= 0.3 is 0 Å². The van der Waals surface area contributed by atoms with Crippen LogP contribution in [-0.2, 0) is 13.1 Å². The van der Waals surface area contributed by atoms with E-state index in [1.165, 1.54) is 11.1 Å². The molecule has 0 amide bonds. The number of aliphatic hydroxyl groups is 1. The van der Waals surface area contributed by atoms with E-state index in [9.17, 15) is 5.11 Å². The second-order valence-electron chi connectivity index (χ2n) is 7.79. The Kier molecular flexibility index (Phi) is 9.47. The van der Waals surface area contributed by atoms with Crippen LogP contribution >= 0.6 is 12.4 Å². The Morgan fingerprint density at radius 3 is 1.35 bits per heavy atom. The molecule has 0 saturated heterocycles. The number of fused-ring (bicyclic) bond motifs is 3. The van der Waals surface area contributed by atoms with Crippen molar-refractivity contribution >= 4 is 12.4 Å². The molecule has 0 fully saturated rings. The van der Waals surface area contributed by atoms with Gasteiger partial charge in [-0.25, -0.2) is 0 Å². The lowest BCUT2D eigenvalue weighted by Gasteiger charge is -2.19. The monoisotopic (exact) mass is 436 g/mol. The van der Waals surface area contributed by atoms with Gasteiger partial charge < -0.3 is 5.11 Å². The van der Waals surface area contributed by atoms with Crippen molar-refractivity contribution in [1.29, 1.82) is 0 Å². The summed E-state index contributed by atoms with van der Waals surface area (Å²) in [6, 6.07) is 12.9. The molecule has 3 nitrogen and oxygen atoms in total. The van der Waals surface area contributed by atoms with Gasteiger partial charge in [-0.15, -0.1) is 38.7 Å². The summed E-state index contributed by atoms with van der Waals surface area (Å²) in [7, 11) is 0. The molecule has 164 valence electrons. The Bertz CT molecular complexity index is 841. The van der Waals surface area contributed by atoms with Crippen molar-refractivity contribution in [3.63, 3.8) is 0 Å². The molecular weight excluding hydrogens is 404 g/mol. The summed E-state index contributed by atoms with van der Waals surface area (Å²) in [5.74, 6) is 0. The van der Waals surface area contributed by atoms with Crippen LogP contribution in [0.3, 0.4) is 0 Å². The zero-order valence-corrected chi connectivity index (χ0v) is 19.0. The van der Waals surface area contributed by atoms with E-state index in [1.54, 1.807) is 0 Å². The van der Waals surface area contributed by atoms with Gasteiger partial charge in [-0.3, -0.25) is 9.80 Å². The van der Waals surface area contributed by atoms with Crippen LogP contribution in [-0.4, -0.2) is 41.1 Å². The van der Waals surface area contributed by atoms with Crippen molar-refractivity contribution < 1.29 is 5.11 Å². The van der Waals surface area contributed by atoms with Gasteiger partial charge in [-0.2, -0.15) is 0 Å². The van der Waals surface area contributed by atoms with E-state index in [0.29, 0.717) is 0 Å². The van der Waals surface area contributed by atoms with Crippen molar-refractivity contribution in [1.82, 2.24) is 9.80 Å². The third kappa shape index (κ3) is 5.84. The first-order valence-corrected chi connectivity index (χ1v) is 10.4. The minimum Gasteiger partial charge on any atom is -0.384 e. The van der Waals surface area contributed by atoms with Crippen LogP contribution < -0.4 is 0 Å². The highest BCUT2D eigenvalue weighted by Gasteiger charge is 2.27. The van der Waals surface area contributed by atoms with Gasteiger partial charge in [0.15, 0.2) is 0 Å². The first-order chi connectivity index (χ1) is 14.6. The van der Waals surface area contributed by atoms with Crippen molar-refractivity contribution in [2.75, 3.05) is 26.2 Å². The third-order valence-electron chi connectivity index (χ3n) is 5.47. The number of hydrogen-bond donors (Lipinski definition) is 1. The molecule has 0 unspecified atom stereocenters. The average Bonchev–Trinajstić information content (AvgIpc) is 3.00. The lowest BCUT2D eigenvalue weighted by Crippen LogP contribution is -2.23.